The van der Waals surface area contributed by atoms with Crippen LogP contribution >= 0.6 is 11.6 Å². The molecule has 1 aromatic carbocycles. The normalized spacial score (nSPS) is 14.5. The third-order valence-electron chi connectivity index (χ3n) is 5.23. The monoisotopic (exact) mass is 402 g/mol. The van der Waals surface area contributed by atoms with Gasteiger partial charge in [-0.25, -0.2) is 0 Å². The number of carbonyl (C=O) groups excluding carboxylic acids is 2. The number of amides is 2. The van der Waals surface area contributed by atoms with E-state index in [1.807, 2.05) is 25.6 Å². The molecule has 0 fully saturated rings. The first-order valence-corrected chi connectivity index (χ1v) is 10.1. The molecule has 1 aliphatic rings. The molecule has 150 valence electrons. The van der Waals surface area contributed by atoms with Gasteiger partial charge in [0, 0.05) is 7.05 Å². The standard InChI is InChI=1S/C21H27ClN4O2/c1-13(2)19(24-20(27)14-8-4-6-10-16(14)22)21(28)23-12-18-15-9-5-7-11-17(15)25-26(18)3/h4,6,8,10,13,19H,5,7,9,11-12H2,1-3H3,(H,23,28)(H,24,27). The van der Waals surface area contributed by atoms with Crippen LogP contribution in [0.3, 0.4) is 0 Å². The highest BCUT2D eigenvalue weighted by Crippen LogP contribution is 2.23. The first-order valence-electron chi connectivity index (χ1n) is 9.75. The highest BCUT2D eigenvalue weighted by molar-refractivity contribution is 6.33. The Labute approximate surface area is 170 Å². The average molecular weight is 403 g/mol. The second kappa shape index (κ2) is 8.78. The molecule has 1 atom stereocenters. The Morgan fingerprint density at radius 1 is 1.21 bits per heavy atom. The third kappa shape index (κ3) is 4.38. The van der Waals surface area contributed by atoms with Gasteiger partial charge in [-0.3, -0.25) is 14.3 Å². The van der Waals surface area contributed by atoms with Crippen LogP contribution in [0.2, 0.25) is 5.02 Å². The van der Waals surface area contributed by atoms with Gasteiger partial charge in [0.05, 0.1) is 28.5 Å². The van der Waals surface area contributed by atoms with Crippen LogP contribution in [0, 0.1) is 5.92 Å². The molecule has 2 amide bonds. The molecule has 3 rings (SSSR count). The van der Waals surface area contributed by atoms with Gasteiger partial charge >= 0.3 is 0 Å². The van der Waals surface area contributed by atoms with Crippen LogP contribution < -0.4 is 10.6 Å². The molecule has 0 aliphatic heterocycles. The Kier molecular flexibility index (Phi) is 6.39. The van der Waals surface area contributed by atoms with E-state index in [1.165, 1.54) is 12.0 Å². The van der Waals surface area contributed by atoms with Crippen molar-refractivity contribution < 1.29 is 9.59 Å². The number of hydrogen-bond donors (Lipinski definition) is 2. The number of hydrogen-bond acceptors (Lipinski definition) is 3. The molecule has 1 unspecified atom stereocenters. The lowest BCUT2D eigenvalue weighted by Gasteiger charge is -2.22. The van der Waals surface area contributed by atoms with Gasteiger partial charge in [0.25, 0.3) is 5.91 Å². The molecule has 0 spiro atoms. The number of rotatable bonds is 6. The van der Waals surface area contributed by atoms with Gasteiger partial charge in [-0.15, -0.1) is 0 Å². The molecular formula is C21H27ClN4O2. The van der Waals surface area contributed by atoms with Crippen molar-refractivity contribution in [2.45, 2.75) is 52.1 Å². The Bertz CT molecular complexity index is 875. The van der Waals surface area contributed by atoms with Crippen LogP contribution in [0.15, 0.2) is 24.3 Å². The summed E-state index contributed by atoms with van der Waals surface area (Å²) in [4.78, 5) is 25.4. The van der Waals surface area contributed by atoms with E-state index in [-0.39, 0.29) is 17.7 Å². The highest BCUT2D eigenvalue weighted by atomic mass is 35.5. The maximum atomic E-state index is 12.8. The van der Waals surface area contributed by atoms with E-state index in [2.05, 4.69) is 15.7 Å². The number of nitrogens with zero attached hydrogens (tertiary/aromatic N) is 2. The lowest BCUT2D eigenvalue weighted by Crippen LogP contribution is -2.49. The van der Waals surface area contributed by atoms with Gasteiger partial charge < -0.3 is 10.6 Å². The van der Waals surface area contributed by atoms with Crippen molar-refractivity contribution in [1.29, 1.82) is 0 Å². The summed E-state index contributed by atoms with van der Waals surface area (Å²) in [5, 5.41) is 10.8. The number of benzene rings is 1. The summed E-state index contributed by atoms with van der Waals surface area (Å²) in [6.07, 6.45) is 4.33. The van der Waals surface area contributed by atoms with Crippen molar-refractivity contribution in [1.82, 2.24) is 20.4 Å². The second-order valence-electron chi connectivity index (χ2n) is 7.60. The minimum atomic E-state index is -0.646. The summed E-state index contributed by atoms with van der Waals surface area (Å²) in [6.45, 7) is 4.22. The van der Waals surface area contributed by atoms with E-state index in [1.54, 1.807) is 24.3 Å². The predicted molar refractivity (Wildman–Crippen MR) is 109 cm³/mol. The molecule has 1 aromatic heterocycles. The average Bonchev–Trinajstić information content (AvgIpc) is 2.99. The molecule has 0 saturated heterocycles. The van der Waals surface area contributed by atoms with Crippen molar-refractivity contribution in [3.8, 4) is 0 Å². The number of aromatic nitrogens is 2. The third-order valence-corrected chi connectivity index (χ3v) is 5.56. The van der Waals surface area contributed by atoms with Crippen molar-refractivity contribution in [3.63, 3.8) is 0 Å². The maximum Gasteiger partial charge on any atom is 0.253 e. The lowest BCUT2D eigenvalue weighted by atomic mass is 9.96. The van der Waals surface area contributed by atoms with Crippen molar-refractivity contribution in [2.24, 2.45) is 13.0 Å². The van der Waals surface area contributed by atoms with Gasteiger partial charge in [-0.1, -0.05) is 37.6 Å². The lowest BCUT2D eigenvalue weighted by molar-refractivity contribution is -0.124. The fourth-order valence-electron chi connectivity index (χ4n) is 3.65. The fraction of sp³-hybridized carbons (Fsp3) is 0.476. The highest BCUT2D eigenvalue weighted by Gasteiger charge is 2.26. The molecule has 6 nitrogen and oxygen atoms in total. The van der Waals surface area contributed by atoms with E-state index < -0.39 is 6.04 Å². The molecular weight excluding hydrogens is 376 g/mol. The van der Waals surface area contributed by atoms with E-state index in [4.69, 9.17) is 11.6 Å². The number of nitrogens with one attached hydrogen (secondary N) is 2. The Morgan fingerprint density at radius 2 is 1.93 bits per heavy atom. The Morgan fingerprint density at radius 3 is 2.64 bits per heavy atom. The zero-order valence-electron chi connectivity index (χ0n) is 16.6. The minimum Gasteiger partial charge on any atom is -0.349 e. The van der Waals surface area contributed by atoms with Crippen LogP contribution in [0.5, 0.6) is 0 Å². The largest absolute Gasteiger partial charge is 0.349 e. The van der Waals surface area contributed by atoms with E-state index in [0.29, 0.717) is 17.1 Å². The molecule has 1 heterocycles. The number of fused-ring (bicyclic) bond motifs is 1. The van der Waals surface area contributed by atoms with Crippen molar-refractivity contribution in [2.75, 3.05) is 0 Å². The van der Waals surface area contributed by atoms with Crippen LogP contribution in [0.25, 0.3) is 0 Å². The summed E-state index contributed by atoms with van der Waals surface area (Å²) in [7, 11) is 1.92. The van der Waals surface area contributed by atoms with Crippen molar-refractivity contribution >= 4 is 23.4 Å². The maximum absolute atomic E-state index is 12.8. The van der Waals surface area contributed by atoms with Crippen molar-refractivity contribution in [3.05, 3.63) is 51.8 Å². The molecule has 0 radical (unpaired) electrons. The van der Waals surface area contributed by atoms with Gasteiger partial charge in [0.15, 0.2) is 0 Å². The van der Waals surface area contributed by atoms with E-state index in [9.17, 15) is 9.59 Å². The Hall–Kier alpha value is -2.34. The summed E-state index contributed by atoms with van der Waals surface area (Å²) in [5.74, 6) is -0.620. The first-order chi connectivity index (χ1) is 13.4. The second-order valence-corrected chi connectivity index (χ2v) is 8.00. The molecule has 2 aromatic rings. The summed E-state index contributed by atoms with van der Waals surface area (Å²) >= 11 is 6.10. The topological polar surface area (TPSA) is 76.0 Å². The van der Waals surface area contributed by atoms with Gasteiger partial charge in [-0.2, -0.15) is 5.10 Å². The molecule has 1 aliphatic carbocycles. The number of aryl methyl sites for hydroxylation is 2. The first kappa shape index (κ1) is 20.4. The van der Waals surface area contributed by atoms with E-state index >= 15 is 0 Å². The summed E-state index contributed by atoms with van der Waals surface area (Å²) in [5.41, 5.74) is 3.81. The molecule has 28 heavy (non-hydrogen) atoms. The smallest absolute Gasteiger partial charge is 0.253 e. The predicted octanol–water partition coefficient (Wildman–Crippen LogP) is 3.02. The quantitative estimate of drug-likeness (QED) is 0.779. The zero-order valence-corrected chi connectivity index (χ0v) is 17.3. The zero-order chi connectivity index (χ0) is 20.3. The summed E-state index contributed by atoms with van der Waals surface area (Å²) in [6, 6.07) is 6.17. The Balaban J connectivity index is 1.68. The molecule has 0 bridgehead atoms. The molecule has 2 N–H and O–H groups in total. The fourth-order valence-corrected chi connectivity index (χ4v) is 3.87. The van der Waals surface area contributed by atoms with Crippen LogP contribution in [0.1, 0.15) is 54.0 Å². The van der Waals surface area contributed by atoms with Crippen LogP contribution in [0.4, 0.5) is 0 Å². The van der Waals surface area contributed by atoms with E-state index in [0.717, 1.165) is 30.7 Å². The van der Waals surface area contributed by atoms with Gasteiger partial charge in [0.1, 0.15) is 6.04 Å². The summed E-state index contributed by atoms with van der Waals surface area (Å²) < 4.78 is 1.86. The van der Waals surface area contributed by atoms with Crippen LogP contribution in [-0.4, -0.2) is 27.6 Å². The number of carbonyl (C=O) groups is 2. The van der Waals surface area contributed by atoms with Crippen LogP contribution in [-0.2, 0) is 31.2 Å². The van der Waals surface area contributed by atoms with Gasteiger partial charge in [0.2, 0.25) is 5.91 Å². The SMILES string of the molecule is CC(C)C(NC(=O)c1ccccc1Cl)C(=O)NCc1c2c(nn1C)CCCC2. The number of halogens is 1. The molecule has 7 heteroatoms. The minimum absolute atomic E-state index is 0.0631. The van der Waals surface area contributed by atoms with Gasteiger partial charge in [-0.05, 0) is 49.3 Å². The molecule has 0 saturated carbocycles.